The predicted octanol–water partition coefficient (Wildman–Crippen LogP) is 2.64. The Morgan fingerprint density at radius 2 is 2.00 bits per heavy atom. The van der Waals surface area contributed by atoms with E-state index in [1.807, 2.05) is 30.3 Å². The van der Waals surface area contributed by atoms with Gasteiger partial charge >= 0.3 is 0 Å². The Bertz CT molecular complexity index is 351. The van der Waals surface area contributed by atoms with Gasteiger partial charge in [0.2, 0.25) is 0 Å². The van der Waals surface area contributed by atoms with Crippen molar-refractivity contribution in [2.45, 2.75) is 0 Å². The average molecular weight is 222 g/mol. The molecule has 0 saturated carbocycles. The highest BCUT2D eigenvalue weighted by molar-refractivity contribution is 9.10. The largest absolute Gasteiger partial charge is 0.277 e. The van der Waals surface area contributed by atoms with Crippen LogP contribution in [-0.2, 0) is 0 Å². The van der Waals surface area contributed by atoms with Crippen molar-refractivity contribution in [1.29, 1.82) is 0 Å². The standard InChI is InChI=1S/C9H6BrN2/c10-8-3-1-7(2-4-8)9-5-6-11-12-9/h1-5H,(H,11,12). The van der Waals surface area contributed by atoms with Gasteiger partial charge in [-0.2, -0.15) is 5.10 Å². The van der Waals surface area contributed by atoms with Crippen molar-refractivity contribution >= 4 is 15.9 Å². The second kappa shape index (κ2) is 3.11. The normalized spacial score (nSPS) is 10.1. The molecule has 1 N–H and O–H groups in total. The lowest BCUT2D eigenvalue weighted by Crippen LogP contribution is -1.76. The van der Waals surface area contributed by atoms with Crippen molar-refractivity contribution in [3.8, 4) is 11.3 Å². The molecule has 2 aromatic rings. The summed E-state index contributed by atoms with van der Waals surface area (Å²) in [6, 6.07) is 9.85. The van der Waals surface area contributed by atoms with E-state index < -0.39 is 0 Å². The van der Waals surface area contributed by atoms with E-state index in [0.717, 1.165) is 15.7 Å². The minimum atomic E-state index is 0.988. The van der Waals surface area contributed by atoms with Crippen molar-refractivity contribution in [2.75, 3.05) is 0 Å². The first kappa shape index (κ1) is 7.55. The van der Waals surface area contributed by atoms with Crippen LogP contribution < -0.4 is 0 Å². The van der Waals surface area contributed by atoms with E-state index >= 15 is 0 Å². The number of nitrogens with one attached hydrogen (secondary N) is 1. The molecular weight excluding hydrogens is 216 g/mol. The molecular formula is C9H6BrN2. The number of benzene rings is 1. The zero-order chi connectivity index (χ0) is 8.39. The van der Waals surface area contributed by atoms with Gasteiger partial charge in [-0.1, -0.05) is 28.1 Å². The first-order valence-corrected chi connectivity index (χ1v) is 4.33. The van der Waals surface area contributed by atoms with Gasteiger partial charge in [-0.15, -0.1) is 0 Å². The van der Waals surface area contributed by atoms with Crippen LogP contribution >= 0.6 is 15.9 Å². The van der Waals surface area contributed by atoms with Crippen molar-refractivity contribution in [2.24, 2.45) is 0 Å². The van der Waals surface area contributed by atoms with Crippen molar-refractivity contribution in [3.63, 3.8) is 0 Å². The Morgan fingerprint density at radius 3 is 2.58 bits per heavy atom. The Kier molecular flexibility index (Phi) is 1.96. The summed E-state index contributed by atoms with van der Waals surface area (Å²) in [5.41, 5.74) is 2.11. The van der Waals surface area contributed by atoms with Crippen LogP contribution in [0.25, 0.3) is 11.3 Å². The van der Waals surface area contributed by atoms with Gasteiger partial charge in [0.15, 0.2) is 0 Å². The number of aromatic nitrogens is 2. The molecule has 1 aromatic heterocycles. The highest BCUT2D eigenvalue weighted by atomic mass is 79.9. The lowest BCUT2D eigenvalue weighted by molar-refractivity contribution is 1.09. The summed E-state index contributed by atoms with van der Waals surface area (Å²) in [5, 5.41) is 6.61. The Hall–Kier alpha value is -1.09. The van der Waals surface area contributed by atoms with E-state index in [-0.39, 0.29) is 0 Å². The second-order valence-electron chi connectivity index (χ2n) is 2.42. The highest BCUT2D eigenvalue weighted by Crippen LogP contribution is 2.18. The maximum atomic E-state index is 3.76. The number of nitrogens with zero attached hydrogens (tertiary/aromatic N) is 1. The monoisotopic (exact) mass is 221 g/mol. The van der Waals surface area contributed by atoms with Crippen LogP contribution in [0.5, 0.6) is 0 Å². The Balaban J connectivity index is 2.43. The van der Waals surface area contributed by atoms with Crippen LogP contribution in [0.4, 0.5) is 0 Å². The first-order valence-electron chi connectivity index (χ1n) is 3.53. The van der Waals surface area contributed by atoms with Gasteiger partial charge in [-0.05, 0) is 23.8 Å². The summed E-state index contributed by atoms with van der Waals surface area (Å²) >= 11 is 3.38. The summed E-state index contributed by atoms with van der Waals surface area (Å²) in [5.74, 6) is 0. The molecule has 12 heavy (non-hydrogen) atoms. The zero-order valence-electron chi connectivity index (χ0n) is 6.21. The van der Waals surface area contributed by atoms with Gasteiger partial charge < -0.3 is 0 Å². The van der Waals surface area contributed by atoms with Gasteiger partial charge in [0.25, 0.3) is 0 Å². The number of hydrogen-bond donors (Lipinski definition) is 1. The predicted molar refractivity (Wildman–Crippen MR) is 50.6 cm³/mol. The molecule has 0 aliphatic carbocycles. The second-order valence-corrected chi connectivity index (χ2v) is 3.33. The molecule has 2 rings (SSSR count). The first-order chi connectivity index (χ1) is 5.86. The van der Waals surface area contributed by atoms with E-state index in [0.29, 0.717) is 0 Å². The van der Waals surface area contributed by atoms with Gasteiger partial charge in [0.1, 0.15) is 6.20 Å². The fraction of sp³-hybridized carbons (Fsp3) is 0. The molecule has 0 spiro atoms. The van der Waals surface area contributed by atoms with E-state index in [1.165, 1.54) is 0 Å². The number of H-pyrrole nitrogens is 1. The number of hydrogen-bond acceptors (Lipinski definition) is 1. The van der Waals surface area contributed by atoms with E-state index in [9.17, 15) is 0 Å². The minimum Gasteiger partial charge on any atom is -0.277 e. The molecule has 0 aliphatic rings. The van der Waals surface area contributed by atoms with Crippen LogP contribution in [0.3, 0.4) is 0 Å². The number of halogens is 1. The minimum absolute atomic E-state index is 0.988. The molecule has 2 nitrogen and oxygen atoms in total. The average Bonchev–Trinajstić information content (AvgIpc) is 2.58. The maximum Gasteiger partial charge on any atom is 0.113 e. The van der Waals surface area contributed by atoms with Crippen LogP contribution in [-0.4, -0.2) is 10.2 Å². The number of rotatable bonds is 1. The smallest absolute Gasteiger partial charge is 0.113 e. The van der Waals surface area contributed by atoms with Gasteiger partial charge in [-0.3, -0.25) is 5.10 Å². The van der Waals surface area contributed by atoms with E-state index in [4.69, 9.17) is 0 Å². The third kappa shape index (κ3) is 1.41. The maximum absolute atomic E-state index is 3.76. The van der Waals surface area contributed by atoms with E-state index in [1.54, 1.807) is 0 Å². The van der Waals surface area contributed by atoms with Gasteiger partial charge in [0.05, 0.1) is 5.69 Å². The summed E-state index contributed by atoms with van der Waals surface area (Å²) in [7, 11) is 0. The molecule has 0 amide bonds. The fourth-order valence-electron chi connectivity index (χ4n) is 0.999. The zero-order valence-corrected chi connectivity index (χ0v) is 7.80. The SMILES string of the molecule is Brc1ccc(-c2c[c]n[nH]2)cc1. The lowest BCUT2D eigenvalue weighted by atomic mass is 10.2. The highest BCUT2D eigenvalue weighted by Gasteiger charge is 1.96. The summed E-state index contributed by atoms with van der Waals surface area (Å²) in [6.07, 6.45) is 2.73. The topological polar surface area (TPSA) is 28.7 Å². The third-order valence-corrected chi connectivity index (χ3v) is 2.13. The lowest BCUT2D eigenvalue weighted by Gasteiger charge is -1.95. The Morgan fingerprint density at radius 1 is 1.25 bits per heavy atom. The van der Waals surface area contributed by atoms with Crippen LogP contribution in [0.2, 0.25) is 0 Å². The van der Waals surface area contributed by atoms with Gasteiger partial charge in [0, 0.05) is 4.47 Å². The quantitative estimate of drug-likeness (QED) is 0.789. The molecule has 0 unspecified atom stereocenters. The molecule has 1 aromatic carbocycles. The van der Waals surface area contributed by atoms with Crippen molar-refractivity contribution in [1.82, 2.24) is 10.2 Å². The van der Waals surface area contributed by atoms with Crippen LogP contribution in [0.15, 0.2) is 34.8 Å². The van der Waals surface area contributed by atoms with Crippen molar-refractivity contribution in [3.05, 3.63) is 41.0 Å². The third-order valence-electron chi connectivity index (χ3n) is 1.61. The molecule has 0 bridgehead atoms. The molecule has 0 aliphatic heterocycles. The van der Waals surface area contributed by atoms with E-state index in [2.05, 4.69) is 32.3 Å². The number of aromatic amines is 1. The summed E-state index contributed by atoms with van der Waals surface area (Å²) in [6.45, 7) is 0. The Labute approximate surface area is 78.8 Å². The molecule has 0 fully saturated rings. The van der Waals surface area contributed by atoms with Gasteiger partial charge in [-0.25, -0.2) is 0 Å². The summed E-state index contributed by atoms with van der Waals surface area (Å²) < 4.78 is 1.08. The molecule has 0 saturated heterocycles. The van der Waals surface area contributed by atoms with Crippen LogP contribution in [0, 0.1) is 6.20 Å². The molecule has 1 heterocycles. The van der Waals surface area contributed by atoms with Crippen molar-refractivity contribution < 1.29 is 0 Å². The molecule has 0 atom stereocenters. The molecule has 3 heteroatoms. The van der Waals surface area contributed by atoms with Crippen LogP contribution in [0.1, 0.15) is 0 Å². The summed E-state index contributed by atoms with van der Waals surface area (Å²) in [4.78, 5) is 0. The molecule has 59 valence electrons. The molecule has 1 radical (unpaired) electrons. The fourth-order valence-corrected chi connectivity index (χ4v) is 1.26.